The minimum absolute atomic E-state index is 0.649. The number of aromatic nitrogens is 5. The Bertz CT molecular complexity index is 639. The Hall–Kier alpha value is -1.99. The molecule has 3 rings (SSSR count). The molecule has 0 aliphatic carbocycles. The van der Waals surface area contributed by atoms with Gasteiger partial charge in [-0.3, -0.25) is 9.78 Å². The molecule has 0 saturated heterocycles. The van der Waals surface area contributed by atoms with E-state index in [0.717, 1.165) is 23.6 Å². The van der Waals surface area contributed by atoms with Crippen molar-refractivity contribution in [2.24, 2.45) is 7.05 Å². The van der Waals surface area contributed by atoms with Crippen molar-refractivity contribution >= 4 is 11.3 Å². The highest BCUT2D eigenvalue weighted by molar-refractivity contribution is 7.13. The molecule has 3 aromatic heterocycles. The van der Waals surface area contributed by atoms with Crippen LogP contribution < -0.4 is 5.32 Å². The van der Waals surface area contributed by atoms with Gasteiger partial charge in [0.05, 0.1) is 23.3 Å². The molecule has 0 aromatic carbocycles. The molecule has 0 aliphatic heterocycles. The largest absolute Gasteiger partial charge is 0.306 e. The molecular weight excluding hydrogens is 260 g/mol. The number of nitrogens with one attached hydrogen (secondary N) is 2. The van der Waals surface area contributed by atoms with E-state index in [4.69, 9.17) is 0 Å². The Morgan fingerprint density at radius 2 is 2.37 bits per heavy atom. The first-order valence-electron chi connectivity index (χ1n) is 5.94. The summed E-state index contributed by atoms with van der Waals surface area (Å²) in [6, 6.07) is 4.12. The van der Waals surface area contributed by atoms with Gasteiger partial charge in [0.2, 0.25) is 0 Å². The standard InChI is InChI=1S/C12H14N6S/c1-18-8-14-11(17-18)7-13-5-9-6-15-16-12(9)10-3-2-4-19-10/h2-4,6,8,13H,5,7H2,1H3,(H,15,16). The molecule has 0 spiro atoms. The zero-order valence-corrected chi connectivity index (χ0v) is 11.3. The van der Waals surface area contributed by atoms with Gasteiger partial charge in [-0.25, -0.2) is 4.98 Å². The molecule has 0 fully saturated rings. The lowest BCUT2D eigenvalue weighted by Gasteiger charge is -2.02. The van der Waals surface area contributed by atoms with Crippen LogP contribution in [0.5, 0.6) is 0 Å². The Morgan fingerprint density at radius 1 is 1.42 bits per heavy atom. The van der Waals surface area contributed by atoms with Gasteiger partial charge in [-0.05, 0) is 11.4 Å². The lowest BCUT2D eigenvalue weighted by atomic mass is 10.2. The molecular formula is C12H14N6S. The van der Waals surface area contributed by atoms with Crippen molar-refractivity contribution in [1.29, 1.82) is 0 Å². The summed E-state index contributed by atoms with van der Waals surface area (Å²) in [5.41, 5.74) is 2.23. The van der Waals surface area contributed by atoms with E-state index in [1.165, 1.54) is 4.88 Å². The van der Waals surface area contributed by atoms with Gasteiger partial charge in [-0.1, -0.05) is 6.07 Å². The van der Waals surface area contributed by atoms with Gasteiger partial charge in [-0.15, -0.1) is 11.3 Å². The van der Waals surface area contributed by atoms with E-state index >= 15 is 0 Å². The predicted molar refractivity (Wildman–Crippen MR) is 73.4 cm³/mol. The van der Waals surface area contributed by atoms with Crippen LogP contribution in [0.3, 0.4) is 0 Å². The Kier molecular flexibility index (Phi) is 3.39. The molecule has 19 heavy (non-hydrogen) atoms. The van der Waals surface area contributed by atoms with Crippen molar-refractivity contribution < 1.29 is 0 Å². The average Bonchev–Trinajstić information content (AvgIpc) is 3.09. The lowest BCUT2D eigenvalue weighted by Crippen LogP contribution is -2.14. The number of hydrogen-bond acceptors (Lipinski definition) is 5. The number of thiophene rings is 1. The first kappa shape index (κ1) is 12.1. The number of hydrogen-bond donors (Lipinski definition) is 2. The van der Waals surface area contributed by atoms with Crippen molar-refractivity contribution in [2.45, 2.75) is 13.1 Å². The molecule has 0 aliphatic rings. The highest BCUT2D eigenvalue weighted by Gasteiger charge is 2.08. The normalized spacial score (nSPS) is 11.0. The second-order valence-electron chi connectivity index (χ2n) is 4.19. The maximum Gasteiger partial charge on any atom is 0.164 e. The van der Waals surface area contributed by atoms with Crippen LogP contribution in [0.1, 0.15) is 11.4 Å². The maximum atomic E-state index is 4.22. The van der Waals surface area contributed by atoms with Crippen LogP contribution >= 0.6 is 11.3 Å². The van der Waals surface area contributed by atoms with Gasteiger partial charge < -0.3 is 5.32 Å². The minimum Gasteiger partial charge on any atom is -0.306 e. The summed E-state index contributed by atoms with van der Waals surface area (Å²) in [5.74, 6) is 0.795. The topological polar surface area (TPSA) is 71.4 Å². The molecule has 3 aromatic rings. The molecule has 0 radical (unpaired) electrons. The van der Waals surface area contributed by atoms with E-state index in [2.05, 4.69) is 37.0 Å². The Labute approximate surface area is 114 Å². The van der Waals surface area contributed by atoms with Crippen LogP contribution in [0.15, 0.2) is 30.0 Å². The highest BCUT2D eigenvalue weighted by atomic mass is 32.1. The summed E-state index contributed by atoms with van der Waals surface area (Å²) in [6.07, 6.45) is 3.56. The van der Waals surface area contributed by atoms with Crippen LogP contribution in [0.4, 0.5) is 0 Å². The Morgan fingerprint density at radius 3 is 3.11 bits per heavy atom. The zero-order valence-electron chi connectivity index (χ0n) is 10.5. The summed E-state index contributed by atoms with van der Waals surface area (Å²) < 4.78 is 1.70. The average molecular weight is 274 g/mol. The molecule has 0 amide bonds. The fourth-order valence-electron chi connectivity index (χ4n) is 1.85. The van der Waals surface area contributed by atoms with E-state index in [-0.39, 0.29) is 0 Å². The number of aromatic amines is 1. The van der Waals surface area contributed by atoms with Crippen molar-refractivity contribution in [1.82, 2.24) is 30.3 Å². The summed E-state index contributed by atoms with van der Waals surface area (Å²) >= 11 is 1.70. The number of nitrogens with zero attached hydrogens (tertiary/aromatic N) is 4. The van der Waals surface area contributed by atoms with Crippen LogP contribution in [-0.2, 0) is 20.1 Å². The van der Waals surface area contributed by atoms with Crippen molar-refractivity contribution in [3.8, 4) is 10.6 Å². The summed E-state index contributed by atoms with van der Waals surface area (Å²) in [7, 11) is 1.86. The van der Waals surface area contributed by atoms with Gasteiger partial charge in [0, 0.05) is 19.2 Å². The van der Waals surface area contributed by atoms with Gasteiger partial charge in [0.1, 0.15) is 6.33 Å². The Balaban J connectivity index is 1.63. The number of aryl methyl sites for hydroxylation is 1. The smallest absolute Gasteiger partial charge is 0.164 e. The van der Waals surface area contributed by atoms with E-state index in [1.54, 1.807) is 22.3 Å². The summed E-state index contributed by atoms with van der Waals surface area (Å²) in [6.45, 7) is 1.39. The highest BCUT2D eigenvalue weighted by Crippen LogP contribution is 2.25. The van der Waals surface area contributed by atoms with Crippen LogP contribution in [0.2, 0.25) is 0 Å². The second kappa shape index (κ2) is 5.33. The third-order valence-electron chi connectivity index (χ3n) is 2.73. The van der Waals surface area contributed by atoms with Gasteiger partial charge in [0.25, 0.3) is 0 Å². The first-order valence-corrected chi connectivity index (χ1v) is 6.82. The molecule has 0 saturated carbocycles. The van der Waals surface area contributed by atoms with Crippen molar-refractivity contribution in [2.75, 3.05) is 0 Å². The maximum absolute atomic E-state index is 4.22. The molecule has 7 heteroatoms. The lowest BCUT2D eigenvalue weighted by molar-refractivity contribution is 0.650. The zero-order chi connectivity index (χ0) is 13.1. The van der Waals surface area contributed by atoms with Crippen LogP contribution in [0.25, 0.3) is 10.6 Å². The molecule has 6 nitrogen and oxygen atoms in total. The second-order valence-corrected chi connectivity index (χ2v) is 5.13. The summed E-state index contributed by atoms with van der Waals surface area (Å²) in [5, 5.41) is 16.8. The molecule has 0 atom stereocenters. The fourth-order valence-corrected chi connectivity index (χ4v) is 2.61. The fraction of sp³-hybridized carbons (Fsp3) is 0.250. The van der Waals surface area contributed by atoms with E-state index < -0.39 is 0 Å². The summed E-state index contributed by atoms with van der Waals surface area (Å²) in [4.78, 5) is 5.37. The molecule has 0 bridgehead atoms. The molecule has 2 N–H and O–H groups in total. The minimum atomic E-state index is 0.649. The van der Waals surface area contributed by atoms with Crippen molar-refractivity contribution in [3.05, 3.63) is 41.4 Å². The van der Waals surface area contributed by atoms with Crippen molar-refractivity contribution in [3.63, 3.8) is 0 Å². The molecule has 98 valence electrons. The van der Waals surface area contributed by atoms with Crippen LogP contribution in [-0.4, -0.2) is 25.0 Å². The predicted octanol–water partition coefficient (Wildman–Crippen LogP) is 1.56. The SMILES string of the molecule is Cn1cnc(CNCc2cn[nH]c2-c2cccs2)n1. The van der Waals surface area contributed by atoms with Gasteiger partial charge in [-0.2, -0.15) is 10.2 Å². The van der Waals surface area contributed by atoms with E-state index in [9.17, 15) is 0 Å². The van der Waals surface area contributed by atoms with E-state index in [1.807, 2.05) is 19.3 Å². The van der Waals surface area contributed by atoms with Gasteiger partial charge >= 0.3 is 0 Å². The third kappa shape index (κ3) is 2.72. The number of rotatable bonds is 5. The third-order valence-corrected chi connectivity index (χ3v) is 3.62. The van der Waals surface area contributed by atoms with E-state index in [0.29, 0.717) is 6.54 Å². The van der Waals surface area contributed by atoms with Crippen LogP contribution in [0, 0.1) is 0 Å². The molecule has 3 heterocycles. The first-order chi connectivity index (χ1) is 9.33. The number of H-pyrrole nitrogens is 1. The van der Waals surface area contributed by atoms with Gasteiger partial charge in [0.15, 0.2) is 5.82 Å². The quantitative estimate of drug-likeness (QED) is 0.740. The molecule has 0 unspecified atom stereocenters. The monoisotopic (exact) mass is 274 g/mol.